The van der Waals surface area contributed by atoms with Crippen LogP contribution in [0.3, 0.4) is 0 Å². The summed E-state index contributed by atoms with van der Waals surface area (Å²) < 4.78 is 10.0. The second-order valence-electron chi connectivity index (χ2n) is 3.56. The van der Waals surface area contributed by atoms with Gasteiger partial charge in [-0.2, -0.15) is 0 Å². The fourth-order valence-corrected chi connectivity index (χ4v) is 1.57. The van der Waals surface area contributed by atoms with Crippen molar-refractivity contribution in [2.75, 3.05) is 14.2 Å². The van der Waals surface area contributed by atoms with Crippen LogP contribution in [0.2, 0.25) is 0 Å². The summed E-state index contributed by atoms with van der Waals surface area (Å²) in [4.78, 5) is 22.1. The maximum absolute atomic E-state index is 11.1. The third-order valence-electron chi connectivity index (χ3n) is 2.22. The van der Waals surface area contributed by atoms with Gasteiger partial charge < -0.3 is 14.6 Å². The Morgan fingerprint density at radius 1 is 1.24 bits per heavy atom. The van der Waals surface area contributed by atoms with Gasteiger partial charge >= 0.3 is 5.97 Å². The van der Waals surface area contributed by atoms with E-state index in [2.05, 4.69) is 0 Å². The number of rotatable bonds is 5. The van der Waals surface area contributed by atoms with Crippen LogP contribution in [-0.2, 0) is 11.2 Å². The molecule has 0 bridgehead atoms. The van der Waals surface area contributed by atoms with Gasteiger partial charge in [-0.3, -0.25) is 4.79 Å². The second kappa shape index (κ2) is 5.34. The lowest BCUT2D eigenvalue weighted by atomic mass is 10.0. The molecule has 1 aromatic carbocycles. The molecule has 0 atom stereocenters. The first-order chi connectivity index (χ1) is 7.99. The molecule has 0 heterocycles. The van der Waals surface area contributed by atoms with Crippen LogP contribution in [-0.4, -0.2) is 31.1 Å². The molecule has 0 saturated carbocycles. The van der Waals surface area contributed by atoms with E-state index in [4.69, 9.17) is 14.6 Å². The first kappa shape index (κ1) is 13.0. The molecule has 5 nitrogen and oxygen atoms in total. The zero-order chi connectivity index (χ0) is 13.0. The van der Waals surface area contributed by atoms with E-state index in [1.807, 2.05) is 0 Å². The van der Waals surface area contributed by atoms with Crippen molar-refractivity contribution in [2.24, 2.45) is 0 Å². The summed E-state index contributed by atoms with van der Waals surface area (Å²) in [5.41, 5.74) is 0.579. The summed E-state index contributed by atoms with van der Waals surface area (Å²) in [5, 5.41) is 9.05. The summed E-state index contributed by atoms with van der Waals surface area (Å²) in [6.07, 6.45) is 0.167. The predicted octanol–water partition coefficient (Wildman–Crippen LogP) is 1.53. The molecule has 1 rings (SSSR count). The van der Waals surface area contributed by atoms with Crippen molar-refractivity contribution < 1.29 is 24.2 Å². The molecule has 0 aliphatic rings. The molecule has 0 amide bonds. The molecule has 5 heteroatoms. The zero-order valence-corrected chi connectivity index (χ0v) is 9.94. The van der Waals surface area contributed by atoms with E-state index in [1.54, 1.807) is 6.07 Å². The lowest BCUT2D eigenvalue weighted by Crippen LogP contribution is -2.05. The molecule has 1 aromatic rings. The fourth-order valence-electron chi connectivity index (χ4n) is 1.57. The Hall–Kier alpha value is -2.04. The number of hydrogen-bond donors (Lipinski definition) is 1. The Bertz CT molecular complexity index is 450. The van der Waals surface area contributed by atoms with E-state index in [9.17, 15) is 9.59 Å². The topological polar surface area (TPSA) is 72.8 Å². The molecule has 0 saturated heterocycles. The van der Waals surface area contributed by atoms with Crippen molar-refractivity contribution in [2.45, 2.75) is 13.3 Å². The molecule has 0 aliphatic heterocycles. The average molecular weight is 238 g/mol. The standard InChI is InChI=1S/C12H14O5/c1-7(13)4-8-5-9(12(14)15)11(17-3)10(6-8)16-2/h5-6H,4H2,1-3H3,(H,14,15). The summed E-state index contributed by atoms with van der Waals surface area (Å²) in [5.74, 6) is -0.699. The van der Waals surface area contributed by atoms with Crippen molar-refractivity contribution in [1.82, 2.24) is 0 Å². The van der Waals surface area contributed by atoms with Crippen molar-refractivity contribution in [3.8, 4) is 11.5 Å². The Kier molecular flexibility index (Phi) is 4.09. The highest BCUT2D eigenvalue weighted by molar-refractivity contribution is 5.93. The summed E-state index contributed by atoms with van der Waals surface area (Å²) in [6.45, 7) is 1.44. The number of carboxylic acids is 1. The van der Waals surface area contributed by atoms with Crippen molar-refractivity contribution in [3.05, 3.63) is 23.3 Å². The van der Waals surface area contributed by atoms with Gasteiger partial charge in [0.1, 0.15) is 11.3 Å². The van der Waals surface area contributed by atoms with Crippen molar-refractivity contribution >= 4 is 11.8 Å². The van der Waals surface area contributed by atoms with Crippen LogP contribution in [0.1, 0.15) is 22.8 Å². The molecular formula is C12H14O5. The predicted molar refractivity (Wildman–Crippen MR) is 60.9 cm³/mol. The van der Waals surface area contributed by atoms with Crippen LogP contribution < -0.4 is 9.47 Å². The normalized spacial score (nSPS) is 9.82. The van der Waals surface area contributed by atoms with Crippen LogP contribution in [0.4, 0.5) is 0 Å². The maximum Gasteiger partial charge on any atom is 0.339 e. The monoisotopic (exact) mass is 238 g/mol. The quantitative estimate of drug-likeness (QED) is 0.842. The zero-order valence-electron chi connectivity index (χ0n) is 9.94. The maximum atomic E-state index is 11.1. The molecule has 1 N–H and O–H groups in total. The number of aromatic carboxylic acids is 1. The Labute approximate surface area is 99.0 Å². The Balaban J connectivity index is 3.34. The minimum absolute atomic E-state index is 0.0110. The van der Waals surface area contributed by atoms with Crippen LogP contribution in [0.15, 0.2) is 12.1 Å². The van der Waals surface area contributed by atoms with Crippen LogP contribution in [0.25, 0.3) is 0 Å². The highest BCUT2D eigenvalue weighted by atomic mass is 16.5. The number of methoxy groups -OCH3 is 2. The SMILES string of the molecule is COc1cc(CC(C)=O)cc(C(=O)O)c1OC. The number of carboxylic acid groups (broad SMARTS) is 1. The summed E-state index contributed by atoms with van der Waals surface area (Å²) in [6, 6.07) is 3.03. The third kappa shape index (κ3) is 2.96. The number of hydrogen-bond acceptors (Lipinski definition) is 4. The van der Waals surface area contributed by atoms with E-state index in [-0.39, 0.29) is 23.5 Å². The van der Waals surface area contributed by atoms with Gasteiger partial charge in [0, 0.05) is 6.42 Å². The molecule has 0 unspecified atom stereocenters. The summed E-state index contributed by atoms with van der Waals surface area (Å²) in [7, 11) is 2.79. The Morgan fingerprint density at radius 3 is 2.29 bits per heavy atom. The summed E-state index contributed by atoms with van der Waals surface area (Å²) >= 11 is 0. The van der Waals surface area contributed by atoms with E-state index in [0.29, 0.717) is 11.3 Å². The van der Waals surface area contributed by atoms with Crippen LogP contribution >= 0.6 is 0 Å². The largest absolute Gasteiger partial charge is 0.493 e. The van der Waals surface area contributed by atoms with Crippen LogP contribution in [0.5, 0.6) is 11.5 Å². The van der Waals surface area contributed by atoms with E-state index in [0.717, 1.165) is 0 Å². The first-order valence-electron chi connectivity index (χ1n) is 4.97. The van der Waals surface area contributed by atoms with Gasteiger partial charge in [-0.05, 0) is 24.6 Å². The minimum Gasteiger partial charge on any atom is -0.493 e. The molecule has 0 spiro atoms. The van der Waals surface area contributed by atoms with E-state index in [1.165, 1.54) is 27.2 Å². The van der Waals surface area contributed by atoms with Crippen molar-refractivity contribution in [3.63, 3.8) is 0 Å². The van der Waals surface area contributed by atoms with Crippen molar-refractivity contribution in [1.29, 1.82) is 0 Å². The molecular weight excluding hydrogens is 224 g/mol. The number of carbonyl (C=O) groups excluding carboxylic acids is 1. The number of benzene rings is 1. The number of ether oxygens (including phenoxy) is 2. The number of Topliss-reactive ketones (excluding diaryl/α,β-unsaturated/α-hetero) is 1. The fraction of sp³-hybridized carbons (Fsp3) is 0.333. The number of ketones is 1. The van der Waals surface area contributed by atoms with Gasteiger partial charge in [-0.1, -0.05) is 0 Å². The van der Waals surface area contributed by atoms with Gasteiger partial charge in [0.05, 0.1) is 14.2 Å². The van der Waals surface area contributed by atoms with E-state index >= 15 is 0 Å². The Morgan fingerprint density at radius 2 is 1.88 bits per heavy atom. The number of carbonyl (C=O) groups is 2. The lowest BCUT2D eigenvalue weighted by molar-refractivity contribution is -0.116. The highest BCUT2D eigenvalue weighted by Crippen LogP contribution is 2.32. The molecule has 0 aliphatic carbocycles. The highest BCUT2D eigenvalue weighted by Gasteiger charge is 2.18. The smallest absolute Gasteiger partial charge is 0.339 e. The third-order valence-corrected chi connectivity index (χ3v) is 2.22. The average Bonchev–Trinajstić information content (AvgIpc) is 2.26. The van der Waals surface area contributed by atoms with Gasteiger partial charge in [0.25, 0.3) is 0 Å². The second-order valence-corrected chi connectivity index (χ2v) is 3.56. The molecule has 92 valence electrons. The minimum atomic E-state index is -1.12. The van der Waals surface area contributed by atoms with Crippen LogP contribution in [0, 0.1) is 0 Å². The molecule has 17 heavy (non-hydrogen) atoms. The molecule has 0 aromatic heterocycles. The van der Waals surface area contributed by atoms with Gasteiger partial charge in [-0.15, -0.1) is 0 Å². The van der Waals surface area contributed by atoms with Gasteiger partial charge in [0.15, 0.2) is 11.5 Å². The lowest BCUT2D eigenvalue weighted by Gasteiger charge is -2.12. The molecule has 0 radical (unpaired) electrons. The van der Waals surface area contributed by atoms with E-state index < -0.39 is 5.97 Å². The first-order valence-corrected chi connectivity index (χ1v) is 4.97. The van der Waals surface area contributed by atoms with Gasteiger partial charge in [-0.25, -0.2) is 4.79 Å². The molecule has 0 fully saturated rings. The van der Waals surface area contributed by atoms with Gasteiger partial charge in [0.2, 0.25) is 0 Å².